The molecule has 2 N–H and O–H groups in total. The molecule has 4 nitrogen and oxygen atoms in total. The smallest absolute Gasteiger partial charge is 0.229 e. The second-order valence-corrected chi connectivity index (χ2v) is 5.79. The lowest BCUT2D eigenvalue weighted by Crippen LogP contribution is -2.48. The van der Waals surface area contributed by atoms with Crippen LogP contribution in [0.4, 0.5) is 11.4 Å². The van der Waals surface area contributed by atoms with Gasteiger partial charge in [-0.25, -0.2) is 0 Å². The molecule has 0 saturated carbocycles. The van der Waals surface area contributed by atoms with Gasteiger partial charge in [0, 0.05) is 30.9 Å². The Morgan fingerprint density at radius 2 is 1.82 bits per heavy atom. The minimum absolute atomic E-state index is 0.197. The molecule has 22 heavy (non-hydrogen) atoms. The lowest BCUT2D eigenvalue weighted by Gasteiger charge is -2.36. The van der Waals surface area contributed by atoms with Crippen LogP contribution in [0.1, 0.15) is 17.5 Å². The molecule has 1 aliphatic heterocycles. The zero-order valence-corrected chi connectivity index (χ0v) is 12.8. The molecule has 114 valence electrons. The summed E-state index contributed by atoms with van der Waals surface area (Å²) in [6, 6.07) is 16.0. The highest BCUT2D eigenvalue weighted by Gasteiger charge is 2.25. The molecule has 1 heterocycles. The summed E-state index contributed by atoms with van der Waals surface area (Å²) in [5.74, 6) is 0.197. The molecule has 0 radical (unpaired) electrons. The number of hydrogen-bond acceptors (Lipinski definition) is 3. The minimum Gasteiger partial charge on any atom is -0.399 e. The summed E-state index contributed by atoms with van der Waals surface area (Å²) in [6.07, 6.45) is 0.559. The molecule has 2 aromatic rings. The average Bonchev–Trinajstić information content (AvgIpc) is 2.52. The van der Waals surface area contributed by atoms with Gasteiger partial charge in [-0.15, -0.1) is 0 Å². The molecule has 2 aromatic carbocycles. The zero-order chi connectivity index (χ0) is 15.5. The van der Waals surface area contributed by atoms with Gasteiger partial charge in [0.2, 0.25) is 5.91 Å². The van der Waals surface area contributed by atoms with Gasteiger partial charge in [-0.3, -0.25) is 14.6 Å². The van der Waals surface area contributed by atoms with Gasteiger partial charge in [-0.05, 0) is 36.2 Å². The molecule has 0 atom stereocenters. The number of carbonyl (C=O) groups is 1. The second kappa shape index (κ2) is 6.20. The number of aryl methyl sites for hydroxylation is 1. The number of anilines is 2. The maximum absolute atomic E-state index is 12.3. The van der Waals surface area contributed by atoms with E-state index in [0.717, 1.165) is 30.0 Å². The standard InChI is InChI=1S/C18H21N3O/c1-14-4-2-3-5-17(14)21-13-20(11-10-18(21)22)12-15-6-8-16(19)9-7-15/h2-9H,10-13,19H2,1H3. The van der Waals surface area contributed by atoms with E-state index in [1.807, 2.05) is 60.4 Å². The zero-order valence-electron chi connectivity index (χ0n) is 12.8. The van der Waals surface area contributed by atoms with Crippen LogP contribution in [0.2, 0.25) is 0 Å². The molecule has 4 heteroatoms. The molecular weight excluding hydrogens is 274 g/mol. The highest BCUT2D eigenvalue weighted by molar-refractivity contribution is 5.94. The second-order valence-electron chi connectivity index (χ2n) is 5.79. The lowest BCUT2D eigenvalue weighted by atomic mass is 10.1. The molecule has 3 rings (SSSR count). The molecule has 1 amide bonds. The summed E-state index contributed by atoms with van der Waals surface area (Å²) < 4.78 is 0. The molecule has 0 aliphatic carbocycles. The van der Waals surface area contributed by atoms with E-state index in [1.54, 1.807) is 0 Å². The van der Waals surface area contributed by atoms with Crippen LogP contribution in [-0.4, -0.2) is 24.0 Å². The molecule has 0 bridgehead atoms. The SMILES string of the molecule is Cc1ccccc1N1CN(Cc2ccc(N)cc2)CCC1=O. The van der Waals surface area contributed by atoms with Gasteiger partial charge in [0.05, 0.1) is 6.67 Å². The monoisotopic (exact) mass is 295 g/mol. The highest BCUT2D eigenvalue weighted by Crippen LogP contribution is 2.23. The fraction of sp³-hybridized carbons (Fsp3) is 0.278. The van der Waals surface area contributed by atoms with E-state index in [1.165, 1.54) is 5.56 Å². The largest absolute Gasteiger partial charge is 0.399 e. The molecular formula is C18H21N3O. The van der Waals surface area contributed by atoms with Crippen molar-refractivity contribution in [2.45, 2.75) is 19.9 Å². The number of para-hydroxylation sites is 1. The van der Waals surface area contributed by atoms with Crippen LogP contribution in [0.25, 0.3) is 0 Å². The maximum Gasteiger partial charge on any atom is 0.229 e. The Morgan fingerprint density at radius 3 is 2.55 bits per heavy atom. The van der Waals surface area contributed by atoms with Crippen molar-refractivity contribution in [3.05, 3.63) is 59.7 Å². The number of amides is 1. The van der Waals surface area contributed by atoms with Crippen molar-refractivity contribution >= 4 is 17.3 Å². The van der Waals surface area contributed by atoms with Gasteiger partial charge in [-0.1, -0.05) is 30.3 Å². The van der Waals surface area contributed by atoms with Crippen molar-refractivity contribution in [2.24, 2.45) is 0 Å². The first kappa shape index (κ1) is 14.6. The quantitative estimate of drug-likeness (QED) is 0.886. The summed E-state index contributed by atoms with van der Waals surface area (Å²) in [6.45, 7) is 4.30. The van der Waals surface area contributed by atoms with Crippen LogP contribution in [0.5, 0.6) is 0 Å². The molecule has 0 unspecified atom stereocenters. The van der Waals surface area contributed by atoms with Crippen molar-refractivity contribution in [1.29, 1.82) is 0 Å². The summed E-state index contributed by atoms with van der Waals surface area (Å²) in [7, 11) is 0. The van der Waals surface area contributed by atoms with Crippen molar-refractivity contribution in [1.82, 2.24) is 4.90 Å². The van der Waals surface area contributed by atoms with Crippen molar-refractivity contribution < 1.29 is 4.79 Å². The predicted octanol–water partition coefficient (Wildman–Crippen LogP) is 2.77. The van der Waals surface area contributed by atoms with Crippen LogP contribution in [0, 0.1) is 6.92 Å². The van der Waals surface area contributed by atoms with Gasteiger partial charge < -0.3 is 5.73 Å². The third kappa shape index (κ3) is 3.12. The summed E-state index contributed by atoms with van der Waals surface area (Å²) in [5.41, 5.74) is 9.86. The Kier molecular flexibility index (Phi) is 4.11. The normalized spacial score (nSPS) is 16.0. The Labute approximate surface area is 131 Å². The number of nitrogen functional groups attached to an aromatic ring is 1. The number of nitrogens with two attached hydrogens (primary N) is 1. The van der Waals surface area contributed by atoms with Crippen LogP contribution in [-0.2, 0) is 11.3 Å². The van der Waals surface area contributed by atoms with Crippen molar-refractivity contribution in [2.75, 3.05) is 23.8 Å². The third-order valence-corrected chi connectivity index (χ3v) is 4.08. The first-order chi connectivity index (χ1) is 10.6. The van der Waals surface area contributed by atoms with Gasteiger partial charge in [-0.2, -0.15) is 0 Å². The van der Waals surface area contributed by atoms with Crippen LogP contribution in [0.3, 0.4) is 0 Å². The molecule has 1 aliphatic rings. The van der Waals surface area contributed by atoms with Crippen molar-refractivity contribution in [3.8, 4) is 0 Å². The first-order valence-corrected chi connectivity index (χ1v) is 7.56. The maximum atomic E-state index is 12.3. The first-order valence-electron chi connectivity index (χ1n) is 7.56. The predicted molar refractivity (Wildman–Crippen MR) is 89.4 cm³/mol. The third-order valence-electron chi connectivity index (χ3n) is 4.08. The number of carbonyl (C=O) groups excluding carboxylic acids is 1. The Bertz CT molecular complexity index is 666. The summed E-state index contributed by atoms with van der Waals surface area (Å²) in [5, 5.41) is 0. The van der Waals surface area contributed by atoms with E-state index in [-0.39, 0.29) is 5.91 Å². The van der Waals surface area contributed by atoms with Crippen molar-refractivity contribution in [3.63, 3.8) is 0 Å². The minimum atomic E-state index is 0.197. The van der Waals surface area contributed by atoms with Gasteiger partial charge in [0.1, 0.15) is 0 Å². The topological polar surface area (TPSA) is 49.6 Å². The van der Waals surface area contributed by atoms with Crippen LogP contribution < -0.4 is 10.6 Å². The van der Waals surface area contributed by atoms with Gasteiger partial charge in [0.25, 0.3) is 0 Å². The lowest BCUT2D eigenvalue weighted by molar-refractivity contribution is -0.121. The number of nitrogens with zero attached hydrogens (tertiary/aromatic N) is 2. The Morgan fingerprint density at radius 1 is 1.09 bits per heavy atom. The van der Waals surface area contributed by atoms with Crippen LogP contribution >= 0.6 is 0 Å². The Balaban J connectivity index is 1.75. The van der Waals surface area contributed by atoms with Gasteiger partial charge in [0.15, 0.2) is 0 Å². The van der Waals surface area contributed by atoms with E-state index in [9.17, 15) is 4.79 Å². The van der Waals surface area contributed by atoms with E-state index in [2.05, 4.69) is 4.90 Å². The summed E-state index contributed by atoms with van der Waals surface area (Å²) >= 11 is 0. The van der Waals surface area contributed by atoms with Gasteiger partial charge >= 0.3 is 0 Å². The van der Waals surface area contributed by atoms with E-state index >= 15 is 0 Å². The number of rotatable bonds is 3. The fourth-order valence-corrected chi connectivity index (χ4v) is 2.83. The highest BCUT2D eigenvalue weighted by atomic mass is 16.2. The molecule has 0 aromatic heterocycles. The molecule has 1 saturated heterocycles. The molecule has 1 fully saturated rings. The average molecular weight is 295 g/mol. The summed E-state index contributed by atoms with van der Waals surface area (Å²) in [4.78, 5) is 16.4. The number of benzene rings is 2. The number of hydrogen-bond donors (Lipinski definition) is 1. The Hall–Kier alpha value is -2.33. The van der Waals surface area contributed by atoms with E-state index in [4.69, 9.17) is 5.73 Å². The van der Waals surface area contributed by atoms with E-state index in [0.29, 0.717) is 13.1 Å². The fourth-order valence-electron chi connectivity index (χ4n) is 2.83. The molecule has 0 spiro atoms. The van der Waals surface area contributed by atoms with E-state index < -0.39 is 0 Å². The van der Waals surface area contributed by atoms with Crippen LogP contribution in [0.15, 0.2) is 48.5 Å².